The molecule has 2 fully saturated rings. The van der Waals surface area contributed by atoms with Gasteiger partial charge in [-0.1, -0.05) is 23.7 Å². The Morgan fingerprint density at radius 3 is 2.85 bits per heavy atom. The molecule has 7 nitrogen and oxygen atoms in total. The van der Waals surface area contributed by atoms with Crippen LogP contribution < -0.4 is 11.1 Å². The third kappa shape index (κ3) is 3.90. The molecule has 4 rings (SSSR count). The van der Waals surface area contributed by atoms with Crippen LogP contribution in [-0.2, 0) is 4.74 Å². The number of halogens is 1. The second-order valence-electron chi connectivity index (χ2n) is 7.11. The fraction of sp³-hybridized carbons (Fsp3) is 0.421. The van der Waals surface area contributed by atoms with Crippen LogP contribution in [0.15, 0.2) is 30.5 Å². The lowest BCUT2D eigenvalue weighted by molar-refractivity contribution is -0.0502. The number of nitrogens with one attached hydrogen (secondary N) is 1. The molecule has 1 aromatic carbocycles. The van der Waals surface area contributed by atoms with E-state index in [-0.39, 0.29) is 24.0 Å². The number of hydrogen-bond acceptors (Lipinski definition) is 6. The maximum atomic E-state index is 12.6. The molecule has 3 heterocycles. The summed E-state index contributed by atoms with van der Waals surface area (Å²) in [5.41, 5.74) is 7.73. The molecule has 0 bridgehead atoms. The quantitative estimate of drug-likeness (QED) is 0.836. The summed E-state index contributed by atoms with van der Waals surface area (Å²) in [4.78, 5) is 22.9. The van der Waals surface area contributed by atoms with Gasteiger partial charge >= 0.3 is 0 Å². The largest absolute Gasteiger partial charge is 0.371 e. The van der Waals surface area contributed by atoms with E-state index in [0.717, 1.165) is 30.1 Å². The molecule has 0 aliphatic carbocycles. The highest BCUT2D eigenvalue weighted by Gasteiger charge is 2.38. The first-order valence-corrected chi connectivity index (χ1v) is 9.38. The van der Waals surface area contributed by atoms with Gasteiger partial charge in [-0.3, -0.25) is 9.69 Å². The molecule has 2 saturated heterocycles. The topological polar surface area (TPSA) is 93.4 Å². The van der Waals surface area contributed by atoms with Gasteiger partial charge in [-0.25, -0.2) is 9.97 Å². The lowest BCUT2D eigenvalue weighted by Crippen LogP contribution is -2.43. The second kappa shape index (κ2) is 7.42. The summed E-state index contributed by atoms with van der Waals surface area (Å²) in [6, 6.07) is 8.18. The first kappa shape index (κ1) is 18.2. The molecule has 27 heavy (non-hydrogen) atoms. The van der Waals surface area contributed by atoms with Gasteiger partial charge in [0.2, 0.25) is 5.95 Å². The van der Waals surface area contributed by atoms with Gasteiger partial charge in [0.1, 0.15) is 0 Å². The summed E-state index contributed by atoms with van der Waals surface area (Å²) in [5.74, 6) is 0.0138. The molecule has 2 aliphatic heterocycles. The first-order valence-electron chi connectivity index (χ1n) is 9.00. The molecule has 0 saturated carbocycles. The number of nitrogens with zero attached hydrogens (tertiary/aromatic N) is 3. The number of aryl methyl sites for hydroxylation is 1. The van der Waals surface area contributed by atoms with Crippen LogP contribution in [0.2, 0.25) is 5.02 Å². The van der Waals surface area contributed by atoms with Crippen molar-refractivity contribution < 1.29 is 9.53 Å². The van der Waals surface area contributed by atoms with Gasteiger partial charge in [-0.2, -0.15) is 0 Å². The van der Waals surface area contributed by atoms with Crippen molar-refractivity contribution in [3.8, 4) is 0 Å². The third-order valence-corrected chi connectivity index (χ3v) is 5.49. The Hall–Kier alpha value is -2.22. The number of aromatic nitrogens is 2. The maximum Gasteiger partial charge on any atom is 0.254 e. The third-order valence-electron chi connectivity index (χ3n) is 5.24. The van der Waals surface area contributed by atoms with Crippen molar-refractivity contribution in [1.29, 1.82) is 0 Å². The van der Waals surface area contributed by atoms with Crippen molar-refractivity contribution in [3.05, 3.63) is 52.3 Å². The van der Waals surface area contributed by atoms with E-state index >= 15 is 0 Å². The number of carbonyl (C=O) groups excluding carboxylic acids is 1. The number of ether oxygens (including phenoxy) is 1. The molecule has 0 spiro atoms. The molecule has 3 atom stereocenters. The fourth-order valence-electron chi connectivity index (χ4n) is 3.83. The summed E-state index contributed by atoms with van der Waals surface area (Å²) in [7, 11) is 0. The maximum absolute atomic E-state index is 12.6. The highest BCUT2D eigenvalue weighted by Crippen LogP contribution is 2.31. The highest BCUT2D eigenvalue weighted by molar-refractivity contribution is 6.30. The number of amides is 1. The lowest BCUT2D eigenvalue weighted by Gasteiger charge is -2.35. The van der Waals surface area contributed by atoms with E-state index in [2.05, 4.69) is 20.2 Å². The normalized spacial score (nSPS) is 25.2. The Morgan fingerprint density at radius 2 is 2.11 bits per heavy atom. The van der Waals surface area contributed by atoms with E-state index in [4.69, 9.17) is 22.1 Å². The highest BCUT2D eigenvalue weighted by atomic mass is 35.5. The average Bonchev–Trinajstić information content (AvgIpc) is 3.03. The van der Waals surface area contributed by atoms with Crippen molar-refractivity contribution in [2.45, 2.75) is 31.5 Å². The zero-order valence-electron chi connectivity index (χ0n) is 15.1. The van der Waals surface area contributed by atoms with Gasteiger partial charge in [0.25, 0.3) is 5.91 Å². The van der Waals surface area contributed by atoms with E-state index in [1.54, 1.807) is 6.92 Å². The summed E-state index contributed by atoms with van der Waals surface area (Å²) in [5, 5.41) is 3.82. The summed E-state index contributed by atoms with van der Waals surface area (Å²) < 4.78 is 6.06. The van der Waals surface area contributed by atoms with E-state index < -0.39 is 0 Å². The summed E-state index contributed by atoms with van der Waals surface area (Å²) in [6.45, 7) is 4.03. The molecule has 0 radical (unpaired) electrons. The Labute approximate surface area is 162 Å². The number of carbonyl (C=O) groups is 1. The van der Waals surface area contributed by atoms with E-state index in [9.17, 15) is 4.79 Å². The van der Waals surface area contributed by atoms with Gasteiger partial charge in [0.05, 0.1) is 24.0 Å². The Kier molecular flexibility index (Phi) is 4.99. The van der Waals surface area contributed by atoms with Crippen molar-refractivity contribution >= 4 is 23.5 Å². The van der Waals surface area contributed by atoms with Crippen LogP contribution in [0.5, 0.6) is 0 Å². The summed E-state index contributed by atoms with van der Waals surface area (Å²) >= 11 is 5.97. The van der Waals surface area contributed by atoms with Crippen LogP contribution in [0.4, 0.5) is 5.95 Å². The molecule has 1 amide bonds. The van der Waals surface area contributed by atoms with Gasteiger partial charge in [-0.05, 0) is 31.0 Å². The smallest absolute Gasteiger partial charge is 0.254 e. The number of anilines is 1. The molecular formula is C19H22ClN5O2. The molecule has 8 heteroatoms. The molecule has 1 aromatic heterocycles. The Bertz CT molecular complexity index is 844. The van der Waals surface area contributed by atoms with Crippen LogP contribution in [0.25, 0.3) is 0 Å². The molecule has 142 valence electrons. The van der Waals surface area contributed by atoms with Crippen molar-refractivity contribution in [1.82, 2.24) is 20.2 Å². The van der Waals surface area contributed by atoms with Gasteiger partial charge in [-0.15, -0.1) is 0 Å². The minimum absolute atomic E-state index is 0.0284. The molecular weight excluding hydrogens is 366 g/mol. The number of nitrogen functional groups attached to an aromatic ring is 1. The summed E-state index contributed by atoms with van der Waals surface area (Å²) in [6.07, 6.45) is 2.38. The lowest BCUT2D eigenvalue weighted by atomic mass is 10.1. The number of fused-ring (bicyclic) bond motifs is 1. The minimum Gasteiger partial charge on any atom is -0.371 e. The number of benzene rings is 1. The molecule has 3 N–H and O–H groups in total. The Morgan fingerprint density at radius 1 is 1.33 bits per heavy atom. The Balaban J connectivity index is 1.38. The zero-order valence-corrected chi connectivity index (χ0v) is 15.8. The van der Waals surface area contributed by atoms with Crippen LogP contribution >= 0.6 is 11.6 Å². The van der Waals surface area contributed by atoms with Crippen LogP contribution in [-0.4, -0.2) is 52.6 Å². The number of nitrogens with two attached hydrogens (primary N) is 1. The SMILES string of the molecule is Cc1nc(N)ncc1C(=O)N[C@@H]1C[C@H]2CO[C@@H](c3ccc(Cl)cc3)CN2C1. The fourth-order valence-corrected chi connectivity index (χ4v) is 3.95. The minimum atomic E-state index is -0.160. The predicted molar refractivity (Wildman–Crippen MR) is 103 cm³/mol. The predicted octanol–water partition coefficient (Wildman–Crippen LogP) is 1.96. The van der Waals surface area contributed by atoms with Gasteiger partial charge < -0.3 is 15.8 Å². The van der Waals surface area contributed by atoms with Crippen molar-refractivity contribution in [2.24, 2.45) is 0 Å². The first-order chi connectivity index (χ1) is 13.0. The number of morpholine rings is 1. The van der Waals surface area contributed by atoms with Crippen LogP contribution in [0.1, 0.15) is 34.1 Å². The second-order valence-corrected chi connectivity index (χ2v) is 7.55. The van der Waals surface area contributed by atoms with E-state index in [0.29, 0.717) is 23.9 Å². The monoisotopic (exact) mass is 387 g/mol. The van der Waals surface area contributed by atoms with Crippen LogP contribution in [0.3, 0.4) is 0 Å². The van der Waals surface area contributed by atoms with Crippen molar-refractivity contribution in [2.75, 3.05) is 25.4 Å². The van der Waals surface area contributed by atoms with E-state index in [1.807, 2.05) is 24.3 Å². The zero-order chi connectivity index (χ0) is 19.0. The average molecular weight is 388 g/mol. The van der Waals surface area contributed by atoms with Crippen molar-refractivity contribution in [3.63, 3.8) is 0 Å². The standard InChI is InChI=1S/C19H22ClN5O2/c1-11-16(7-22-19(21)23-11)18(26)24-14-6-15-10-27-17(9-25(15)8-14)12-2-4-13(20)5-3-12/h2-5,7,14-15,17H,6,8-10H2,1H3,(H,24,26)(H2,21,22,23)/t14-,15+,17-/m1/s1. The number of rotatable bonds is 3. The molecule has 2 aromatic rings. The van der Waals surface area contributed by atoms with E-state index in [1.165, 1.54) is 6.20 Å². The van der Waals surface area contributed by atoms with Gasteiger partial charge in [0, 0.05) is 36.4 Å². The molecule has 0 unspecified atom stereocenters. The van der Waals surface area contributed by atoms with Crippen LogP contribution in [0, 0.1) is 6.92 Å². The molecule has 2 aliphatic rings. The van der Waals surface area contributed by atoms with Gasteiger partial charge in [0.15, 0.2) is 0 Å². The number of hydrogen-bond donors (Lipinski definition) is 2.